The monoisotopic (exact) mass is 303 g/mol. The average Bonchev–Trinajstić information content (AvgIpc) is 2.78. The number of hydrogen-bond donors (Lipinski definition) is 0. The molecule has 1 heterocycles. The summed E-state index contributed by atoms with van der Waals surface area (Å²) in [6, 6.07) is 4.49. The normalized spacial score (nSPS) is 10.5. The van der Waals surface area contributed by atoms with Crippen LogP contribution in [-0.4, -0.2) is 22.9 Å². The Morgan fingerprint density at radius 1 is 1.41 bits per heavy atom. The number of nitro benzene ring substituents is 1. The van der Waals surface area contributed by atoms with Crippen LogP contribution in [0.25, 0.3) is 0 Å². The number of aryl methyl sites for hydroxylation is 2. The number of Topliss-reactive ketones (excluding diaryl/α,β-unsaturated/α-hetero) is 1. The second-order valence-electron chi connectivity index (χ2n) is 5.18. The van der Waals surface area contributed by atoms with Crippen molar-refractivity contribution in [2.75, 3.05) is 11.9 Å². The number of nitrogens with zero attached hydrogens (tertiary/aromatic N) is 3. The number of anilines is 1. The van der Waals surface area contributed by atoms with Gasteiger partial charge in [-0.25, -0.2) is 0 Å². The molecular weight excluding hydrogens is 286 g/mol. The molecule has 0 aliphatic rings. The lowest BCUT2D eigenvalue weighted by Gasteiger charge is -2.19. The topological polar surface area (TPSA) is 89.5 Å². The molecule has 0 unspecified atom stereocenters. The van der Waals surface area contributed by atoms with E-state index in [1.807, 2.05) is 6.92 Å². The van der Waals surface area contributed by atoms with Crippen LogP contribution in [0.3, 0.4) is 0 Å². The second kappa shape index (κ2) is 5.97. The van der Waals surface area contributed by atoms with Gasteiger partial charge in [0.15, 0.2) is 5.78 Å². The summed E-state index contributed by atoms with van der Waals surface area (Å²) in [6.07, 6.45) is 0. The van der Waals surface area contributed by atoms with E-state index in [0.29, 0.717) is 23.6 Å². The standard InChI is InChI=1S/C15H17N3O4/c1-9-13(11(3)22-16-9)8-17(4)14-6-5-12(10(2)19)7-15(14)18(20)21/h5-7H,8H2,1-4H3. The summed E-state index contributed by atoms with van der Waals surface area (Å²) in [5, 5.41) is 15.2. The highest BCUT2D eigenvalue weighted by Gasteiger charge is 2.21. The predicted molar refractivity (Wildman–Crippen MR) is 81.2 cm³/mol. The van der Waals surface area contributed by atoms with E-state index in [9.17, 15) is 14.9 Å². The van der Waals surface area contributed by atoms with Gasteiger partial charge in [0.1, 0.15) is 11.4 Å². The van der Waals surface area contributed by atoms with Gasteiger partial charge in [0.25, 0.3) is 5.69 Å². The van der Waals surface area contributed by atoms with E-state index in [1.165, 1.54) is 13.0 Å². The van der Waals surface area contributed by atoms with Crippen LogP contribution in [0.1, 0.15) is 34.3 Å². The molecule has 0 aliphatic heterocycles. The van der Waals surface area contributed by atoms with Crippen molar-refractivity contribution in [1.82, 2.24) is 5.16 Å². The van der Waals surface area contributed by atoms with Gasteiger partial charge in [0.2, 0.25) is 0 Å². The Labute approximate surface area is 127 Å². The maximum Gasteiger partial charge on any atom is 0.293 e. The molecule has 0 fully saturated rings. The van der Waals surface area contributed by atoms with Crippen molar-refractivity contribution in [3.8, 4) is 0 Å². The summed E-state index contributed by atoms with van der Waals surface area (Å²) in [5.41, 5.74) is 2.32. The van der Waals surface area contributed by atoms with Crippen molar-refractivity contribution < 1.29 is 14.2 Å². The van der Waals surface area contributed by atoms with Crippen LogP contribution in [0.5, 0.6) is 0 Å². The van der Waals surface area contributed by atoms with E-state index in [1.54, 1.807) is 31.0 Å². The van der Waals surface area contributed by atoms with Crippen molar-refractivity contribution in [1.29, 1.82) is 0 Å². The SMILES string of the molecule is CC(=O)c1ccc(N(C)Cc2c(C)noc2C)c([N+](=O)[O-])c1. The Morgan fingerprint density at radius 2 is 2.09 bits per heavy atom. The minimum atomic E-state index is -0.481. The molecule has 0 atom stereocenters. The number of ketones is 1. The minimum absolute atomic E-state index is 0.0954. The van der Waals surface area contributed by atoms with E-state index in [4.69, 9.17) is 4.52 Å². The van der Waals surface area contributed by atoms with E-state index < -0.39 is 4.92 Å². The predicted octanol–water partition coefficient (Wildman–Crippen LogP) is 3.04. The molecule has 22 heavy (non-hydrogen) atoms. The third-order valence-electron chi connectivity index (χ3n) is 3.57. The number of nitro groups is 1. The average molecular weight is 303 g/mol. The highest BCUT2D eigenvalue weighted by atomic mass is 16.6. The van der Waals surface area contributed by atoms with E-state index in [2.05, 4.69) is 5.16 Å². The Bertz CT molecular complexity index is 717. The lowest BCUT2D eigenvalue weighted by Crippen LogP contribution is -2.18. The first kappa shape index (κ1) is 15.7. The van der Waals surface area contributed by atoms with Gasteiger partial charge >= 0.3 is 0 Å². The fourth-order valence-corrected chi connectivity index (χ4v) is 2.26. The third kappa shape index (κ3) is 2.98. The highest BCUT2D eigenvalue weighted by molar-refractivity contribution is 5.95. The summed E-state index contributed by atoms with van der Waals surface area (Å²) in [7, 11) is 1.75. The van der Waals surface area contributed by atoms with Crippen molar-refractivity contribution in [2.45, 2.75) is 27.3 Å². The Kier molecular flexibility index (Phi) is 4.25. The summed E-state index contributed by atoms with van der Waals surface area (Å²) >= 11 is 0. The molecule has 7 nitrogen and oxygen atoms in total. The Morgan fingerprint density at radius 3 is 2.59 bits per heavy atom. The van der Waals surface area contributed by atoms with E-state index in [0.717, 1.165) is 11.3 Å². The number of carbonyl (C=O) groups excluding carboxylic acids is 1. The number of benzene rings is 1. The van der Waals surface area contributed by atoms with Crippen LogP contribution in [0.2, 0.25) is 0 Å². The van der Waals surface area contributed by atoms with Crippen molar-refractivity contribution in [2.24, 2.45) is 0 Å². The van der Waals surface area contributed by atoms with Gasteiger partial charge in [-0.3, -0.25) is 14.9 Å². The second-order valence-corrected chi connectivity index (χ2v) is 5.18. The van der Waals surface area contributed by atoms with Gasteiger partial charge in [-0.1, -0.05) is 5.16 Å². The molecule has 2 rings (SSSR count). The van der Waals surface area contributed by atoms with Crippen molar-refractivity contribution in [3.63, 3.8) is 0 Å². The van der Waals surface area contributed by atoms with Crippen molar-refractivity contribution in [3.05, 3.63) is 50.9 Å². The van der Waals surface area contributed by atoms with Gasteiger partial charge < -0.3 is 9.42 Å². The van der Waals surface area contributed by atoms with Crippen LogP contribution in [0.15, 0.2) is 22.7 Å². The van der Waals surface area contributed by atoms with E-state index in [-0.39, 0.29) is 11.5 Å². The summed E-state index contributed by atoms with van der Waals surface area (Å²) in [5.74, 6) is 0.482. The Balaban J connectivity index is 2.39. The fraction of sp³-hybridized carbons (Fsp3) is 0.333. The zero-order chi connectivity index (χ0) is 16.4. The molecule has 0 aliphatic carbocycles. The first-order valence-electron chi connectivity index (χ1n) is 6.73. The lowest BCUT2D eigenvalue weighted by atomic mass is 10.1. The lowest BCUT2D eigenvalue weighted by molar-refractivity contribution is -0.384. The number of rotatable bonds is 5. The number of aromatic nitrogens is 1. The molecule has 1 aromatic carbocycles. The van der Waals surface area contributed by atoms with Gasteiger partial charge in [0, 0.05) is 30.8 Å². The first-order valence-corrected chi connectivity index (χ1v) is 6.73. The smallest absolute Gasteiger partial charge is 0.293 e. The summed E-state index contributed by atoms with van der Waals surface area (Å²) in [6.45, 7) is 5.44. The largest absolute Gasteiger partial charge is 0.365 e. The minimum Gasteiger partial charge on any atom is -0.365 e. The first-order chi connectivity index (χ1) is 10.3. The molecular formula is C15H17N3O4. The molecule has 0 spiro atoms. The number of hydrogen-bond acceptors (Lipinski definition) is 6. The molecule has 1 aromatic heterocycles. The molecule has 7 heteroatoms. The fourth-order valence-electron chi connectivity index (χ4n) is 2.26. The van der Waals surface area contributed by atoms with E-state index >= 15 is 0 Å². The van der Waals surface area contributed by atoms with Crippen LogP contribution in [0, 0.1) is 24.0 Å². The molecule has 0 saturated heterocycles. The van der Waals surface area contributed by atoms with Crippen LogP contribution < -0.4 is 4.90 Å². The van der Waals surface area contributed by atoms with Crippen LogP contribution >= 0.6 is 0 Å². The zero-order valence-corrected chi connectivity index (χ0v) is 12.9. The van der Waals surface area contributed by atoms with Crippen molar-refractivity contribution >= 4 is 17.2 Å². The van der Waals surface area contributed by atoms with Gasteiger partial charge in [-0.2, -0.15) is 0 Å². The molecule has 0 saturated carbocycles. The number of carbonyl (C=O) groups is 1. The molecule has 0 amide bonds. The summed E-state index contributed by atoms with van der Waals surface area (Å²) in [4.78, 5) is 23.9. The quantitative estimate of drug-likeness (QED) is 0.479. The molecule has 0 bridgehead atoms. The van der Waals surface area contributed by atoms with Crippen LogP contribution in [-0.2, 0) is 6.54 Å². The highest BCUT2D eigenvalue weighted by Crippen LogP contribution is 2.30. The molecule has 0 N–H and O–H groups in total. The Hall–Kier alpha value is -2.70. The van der Waals surface area contributed by atoms with Crippen LogP contribution in [0.4, 0.5) is 11.4 Å². The van der Waals surface area contributed by atoms with Gasteiger partial charge in [-0.15, -0.1) is 0 Å². The molecule has 116 valence electrons. The maximum atomic E-state index is 11.4. The van der Waals surface area contributed by atoms with Gasteiger partial charge in [-0.05, 0) is 32.9 Å². The third-order valence-corrected chi connectivity index (χ3v) is 3.57. The summed E-state index contributed by atoms with van der Waals surface area (Å²) < 4.78 is 5.11. The molecule has 2 aromatic rings. The zero-order valence-electron chi connectivity index (χ0n) is 12.9. The van der Waals surface area contributed by atoms with Gasteiger partial charge in [0.05, 0.1) is 10.6 Å². The maximum absolute atomic E-state index is 11.4. The molecule has 0 radical (unpaired) electrons.